The first-order valence-corrected chi connectivity index (χ1v) is 4.47. The van der Waals surface area contributed by atoms with Crippen molar-refractivity contribution in [3.63, 3.8) is 0 Å². The minimum absolute atomic E-state index is 0.292. The second-order valence-electron chi connectivity index (χ2n) is 4.96. The molecule has 0 spiro atoms. The summed E-state index contributed by atoms with van der Waals surface area (Å²) in [5, 5.41) is 9.07. The fourth-order valence-corrected chi connectivity index (χ4v) is 1.68. The van der Waals surface area contributed by atoms with Crippen molar-refractivity contribution in [2.75, 3.05) is 41.1 Å². The molecule has 1 aliphatic rings. The van der Waals surface area contributed by atoms with Crippen LogP contribution in [0.15, 0.2) is 0 Å². The lowest BCUT2D eigenvalue weighted by Gasteiger charge is -2.62. The highest BCUT2D eigenvalue weighted by Crippen LogP contribution is 2.14. The van der Waals surface area contributed by atoms with Gasteiger partial charge in [-0.25, -0.2) is 0 Å². The standard InChI is InChI=1S/C7H16B2N2O2/c1-10(2)6-9(7(12)13)11(3,4)5-8-10/h5-6H2,1-4H3/q-1/p+1. The van der Waals surface area contributed by atoms with Gasteiger partial charge in [-0.1, -0.05) is 6.44 Å². The molecule has 0 aliphatic carbocycles. The van der Waals surface area contributed by atoms with Crippen molar-refractivity contribution in [3.8, 4) is 0 Å². The summed E-state index contributed by atoms with van der Waals surface area (Å²) in [6.45, 7) is -0.292. The molecule has 4 nitrogen and oxygen atoms in total. The third kappa shape index (κ3) is 2.25. The van der Waals surface area contributed by atoms with Gasteiger partial charge < -0.3 is 13.9 Å². The van der Waals surface area contributed by atoms with Crippen LogP contribution in [0.1, 0.15) is 0 Å². The van der Waals surface area contributed by atoms with Crippen LogP contribution in [-0.2, 0) is 0 Å². The van der Waals surface area contributed by atoms with Crippen LogP contribution in [0.2, 0.25) is 0 Å². The van der Waals surface area contributed by atoms with Crippen LogP contribution in [0.25, 0.3) is 0 Å². The highest BCUT2D eigenvalue weighted by atomic mass is 16.4. The Kier molecular flexibility index (Phi) is 2.47. The lowest BCUT2D eigenvalue weighted by molar-refractivity contribution is -0.837. The molecule has 1 rings (SSSR count). The first-order valence-electron chi connectivity index (χ1n) is 4.47. The minimum Gasteiger partial charge on any atom is -0.588 e. The van der Waals surface area contributed by atoms with Gasteiger partial charge in [0, 0.05) is 28.2 Å². The van der Waals surface area contributed by atoms with E-state index in [1.54, 1.807) is 0 Å². The Bertz CT molecular complexity index is 231. The van der Waals surface area contributed by atoms with Crippen LogP contribution in [0.5, 0.6) is 0 Å². The summed E-state index contributed by atoms with van der Waals surface area (Å²) in [6, 6.07) is 0. The topological polar surface area (TPSA) is 37.3 Å². The SMILES string of the molecule is C[N+]1(C)[B-]C[N+](C)(C)[B-](C(=O)O)C1. The van der Waals surface area contributed by atoms with E-state index in [4.69, 9.17) is 5.11 Å². The first-order chi connectivity index (χ1) is 5.75. The smallest absolute Gasteiger partial charge is 0.302 e. The molecule has 1 fully saturated rings. The maximum absolute atomic E-state index is 11.0. The van der Waals surface area contributed by atoms with Gasteiger partial charge in [0.05, 0.1) is 7.41 Å². The Hall–Kier alpha value is -0.480. The second-order valence-corrected chi connectivity index (χ2v) is 4.96. The van der Waals surface area contributed by atoms with Crippen LogP contribution in [-0.4, -0.2) is 75.1 Å². The summed E-state index contributed by atoms with van der Waals surface area (Å²) >= 11 is 0. The molecular weight excluding hydrogens is 166 g/mol. The Balaban J connectivity index is 2.82. The number of carboxylic acid groups (broad SMARTS) is 1. The molecule has 0 atom stereocenters. The normalized spacial score (nSPS) is 27.1. The van der Waals surface area contributed by atoms with Gasteiger partial charge in [-0.05, 0) is 6.44 Å². The Labute approximate surface area is 80.7 Å². The molecule has 1 heterocycles. The number of quaternary nitrogens is 2. The number of nitrogens with zero attached hydrogens (tertiary/aromatic N) is 2. The van der Waals surface area contributed by atoms with E-state index in [0.717, 1.165) is 6.44 Å². The molecule has 0 aromatic heterocycles. The monoisotopic (exact) mass is 183 g/mol. The molecular formula is C7H17B2N2O2. The third-order valence-electron chi connectivity index (χ3n) is 2.82. The highest BCUT2D eigenvalue weighted by Gasteiger charge is 2.33. The van der Waals surface area contributed by atoms with Crippen molar-refractivity contribution in [2.24, 2.45) is 0 Å². The van der Waals surface area contributed by atoms with Crippen molar-refractivity contribution in [3.05, 3.63) is 0 Å². The molecule has 6 heteroatoms. The van der Waals surface area contributed by atoms with Crippen molar-refractivity contribution >= 4 is 20.1 Å². The van der Waals surface area contributed by atoms with Gasteiger partial charge in [-0.3, -0.25) is 4.79 Å². The lowest BCUT2D eigenvalue weighted by atomic mass is 9.51. The highest BCUT2D eigenvalue weighted by molar-refractivity contribution is 6.83. The van der Waals surface area contributed by atoms with Crippen molar-refractivity contribution in [2.45, 2.75) is 0 Å². The zero-order valence-corrected chi connectivity index (χ0v) is 8.82. The minimum atomic E-state index is -0.690. The van der Waals surface area contributed by atoms with Gasteiger partial charge in [-0.15, -0.1) is 0 Å². The molecule has 0 amide bonds. The molecule has 0 aromatic rings. The maximum atomic E-state index is 11.0. The van der Waals surface area contributed by atoms with Gasteiger partial charge in [0.2, 0.25) is 0 Å². The molecule has 0 saturated carbocycles. The average molecular weight is 183 g/mol. The maximum Gasteiger partial charge on any atom is 0.302 e. The quantitative estimate of drug-likeness (QED) is 0.557. The molecule has 73 valence electrons. The van der Waals surface area contributed by atoms with Gasteiger partial charge in [-0.2, -0.15) is 0 Å². The fraction of sp³-hybridized carbons (Fsp3) is 0.857. The van der Waals surface area contributed by atoms with Crippen molar-refractivity contribution in [1.29, 1.82) is 0 Å². The van der Waals surface area contributed by atoms with E-state index in [2.05, 4.69) is 7.41 Å². The predicted octanol–water partition coefficient (Wildman–Crippen LogP) is -0.480. The van der Waals surface area contributed by atoms with Gasteiger partial charge in [0.1, 0.15) is 0 Å². The van der Waals surface area contributed by atoms with Gasteiger partial charge in [0.15, 0.2) is 5.87 Å². The summed E-state index contributed by atoms with van der Waals surface area (Å²) in [4.78, 5) is 11.0. The zero-order chi connectivity index (χ0) is 10.3. The van der Waals surface area contributed by atoms with E-state index in [0.29, 0.717) is 15.2 Å². The van der Waals surface area contributed by atoms with Gasteiger partial charge >= 0.3 is 6.85 Å². The Morgan fingerprint density at radius 2 is 1.92 bits per heavy atom. The van der Waals surface area contributed by atoms with E-state index in [1.165, 1.54) is 0 Å². The van der Waals surface area contributed by atoms with E-state index in [1.807, 2.05) is 28.2 Å². The first kappa shape index (κ1) is 10.6. The fourth-order valence-electron chi connectivity index (χ4n) is 1.68. The Morgan fingerprint density at radius 3 is 2.31 bits per heavy atom. The van der Waals surface area contributed by atoms with E-state index in [9.17, 15) is 4.79 Å². The largest absolute Gasteiger partial charge is 0.588 e. The number of hydrogen-bond acceptors (Lipinski definition) is 1. The van der Waals surface area contributed by atoms with Crippen molar-refractivity contribution in [1.82, 2.24) is 0 Å². The number of hydrogen-bond donors (Lipinski definition) is 1. The molecule has 0 bridgehead atoms. The molecule has 0 aromatic carbocycles. The van der Waals surface area contributed by atoms with E-state index >= 15 is 0 Å². The zero-order valence-electron chi connectivity index (χ0n) is 8.82. The van der Waals surface area contributed by atoms with Gasteiger partial charge in [0.25, 0.3) is 0 Å². The third-order valence-corrected chi connectivity index (χ3v) is 2.82. The van der Waals surface area contributed by atoms with Crippen molar-refractivity contribution < 1.29 is 18.7 Å². The molecule has 1 aliphatic heterocycles. The summed E-state index contributed by atoms with van der Waals surface area (Å²) in [5.74, 6) is -0.690. The van der Waals surface area contributed by atoms with Crippen LogP contribution in [0, 0.1) is 0 Å². The summed E-state index contributed by atoms with van der Waals surface area (Å²) in [7, 11) is 10.2. The second kappa shape index (κ2) is 3.03. The number of rotatable bonds is 1. The molecule has 13 heavy (non-hydrogen) atoms. The predicted molar refractivity (Wildman–Crippen MR) is 53.5 cm³/mol. The number of carbonyl (C=O) groups is 1. The van der Waals surface area contributed by atoms with E-state index in [-0.39, 0.29) is 6.85 Å². The van der Waals surface area contributed by atoms with Crippen LogP contribution in [0.3, 0.4) is 0 Å². The van der Waals surface area contributed by atoms with Crippen LogP contribution in [0.4, 0.5) is 4.79 Å². The van der Waals surface area contributed by atoms with Crippen LogP contribution >= 0.6 is 0 Å². The molecule has 3 radical (unpaired) electrons. The average Bonchev–Trinajstić information content (AvgIpc) is 1.95. The van der Waals surface area contributed by atoms with E-state index < -0.39 is 5.87 Å². The Morgan fingerprint density at radius 1 is 1.38 bits per heavy atom. The lowest BCUT2D eigenvalue weighted by Crippen LogP contribution is -2.72. The molecule has 0 unspecified atom stereocenters. The van der Waals surface area contributed by atoms with Crippen LogP contribution < -0.4 is 0 Å². The summed E-state index contributed by atoms with van der Waals surface area (Å²) < 4.78 is 1.25. The molecule has 1 saturated heterocycles. The molecule has 1 N–H and O–H groups in total. The summed E-state index contributed by atoms with van der Waals surface area (Å²) in [5.41, 5.74) is 0. The summed E-state index contributed by atoms with van der Waals surface area (Å²) in [6.07, 6.45) is 1.48.